The SMILES string of the molecule is CCn1nc(C)c(N)c1N1CCC(C)CC1C. The van der Waals surface area contributed by atoms with Crippen LogP contribution in [0.15, 0.2) is 0 Å². The van der Waals surface area contributed by atoms with Crippen molar-refractivity contribution >= 4 is 11.5 Å². The predicted octanol–water partition coefficient (Wildman–Crippen LogP) is 2.42. The highest BCUT2D eigenvalue weighted by molar-refractivity contribution is 5.66. The van der Waals surface area contributed by atoms with E-state index in [0.717, 1.165) is 36.2 Å². The Hall–Kier alpha value is -1.19. The standard InChI is InChI=1S/C13H24N4/c1-5-17-13(12(14)11(4)15-17)16-7-6-9(2)8-10(16)3/h9-10H,5-8,14H2,1-4H3. The number of nitrogen functional groups attached to an aromatic ring is 1. The zero-order chi connectivity index (χ0) is 12.6. The van der Waals surface area contributed by atoms with Gasteiger partial charge in [0.25, 0.3) is 0 Å². The van der Waals surface area contributed by atoms with Crippen molar-refractivity contribution < 1.29 is 0 Å². The highest BCUT2D eigenvalue weighted by atomic mass is 15.4. The molecule has 2 rings (SSSR count). The monoisotopic (exact) mass is 236 g/mol. The molecule has 1 saturated heterocycles. The van der Waals surface area contributed by atoms with Crippen LogP contribution in [-0.2, 0) is 6.54 Å². The third-order valence-electron chi connectivity index (χ3n) is 3.86. The van der Waals surface area contributed by atoms with Crippen LogP contribution in [0.4, 0.5) is 11.5 Å². The lowest BCUT2D eigenvalue weighted by Gasteiger charge is -2.38. The highest BCUT2D eigenvalue weighted by Gasteiger charge is 2.27. The summed E-state index contributed by atoms with van der Waals surface area (Å²) in [5.74, 6) is 1.95. The van der Waals surface area contributed by atoms with E-state index in [9.17, 15) is 0 Å². The summed E-state index contributed by atoms with van der Waals surface area (Å²) in [7, 11) is 0. The summed E-state index contributed by atoms with van der Waals surface area (Å²) in [6, 6.07) is 0.558. The van der Waals surface area contributed by atoms with Crippen molar-refractivity contribution in [2.45, 2.75) is 53.1 Å². The number of nitrogens with zero attached hydrogens (tertiary/aromatic N) is 3. The van der Waals surface area contributed by atoms with Crippen LogP contribution < -0.4 is 10.6 Å². The molecule has 1 aliphatic heterocycles. The first-order valence-electron chi connectivity index (χ1n) is 6.64. The molecule has 2 atom stereocenters. The highest BCUT2D eigenvalue weighted by Crippen LogP contribution is 2.33. The molecule has 0 radical (unpaired) electrons. The van der Waals surface area contributed by atoms with Gasteiger partial charge in [-0.1, -0.05) is 6.92 Å². The van der Waals surface area contributed by atoms with Crippen LogP contribution >= 0.6 is 0 Å². The van der Waals surface area contributed by atoms with Gasteiger partial charge < -0.3 is 10.6 Å². The molecule has 4 nitrogen and oxygen atoms in total. The quantitative estimate of drug-likeness (QED) is 0.858. The summed E-state index contributed by atoms with van der Waals surface area (Å²) in [6.07, 6.45) is 2.49. The Balaban J connectivity index is 2.33. The molecule has 4 heteroatoms. The molecule has 0 aliphatic carbocycles. The first-order chi connectivity index (χ1) is 8.04. The molecule has 0 saturated carbocycles. The predicted molar refractivity (Wildman–Crippen MR) is 72.3 cm³/mol. The largest absolute Gasteiger partial charge is 0.394 e. The molecule has 1 aromatic rings. The minimum Gasteiger partial charge on any atom is -0.394 e. The van der Waals surface area contributed by atoms with Gasteiger partial charge in [0, 0.05) is 19.1 Å². The molecule has 0 spiro atoms. The average Bonchev–Trinajstić information content (AvgIpc) is 2.56. The minimum atomic E-state index is 0.558. The molecule has 0 aromatic carbocycles. The molecule has 96 valence electrons. The number of aromatic nitrogens is 2. The van der Waals surface area contributed by atoms with E-state index >= 15 is 0 Å². The van der Waals surface area contributed by atoms with E-state index in [2.05, 4.69) is 30.8 Å². The van der Waals surface area contributed by atoms with E-state index in [-0.39, 0.29) is 0 Å². The number of piperidine rings is 1. The van der Waals surface area contributed by atoms with Crippen molar-refractivity contribution in [3.63, 3.8) is 0 Å². The second-order valence-corrected chi connectivity index (χ2v) is 5.31. The summed E-state index contributed by atoms with van der Waals surface area (Å²) < 4.78 is 2.04. The average molecular weight is 236 g/mol. The fraction of sp³-hybridized carbons (Fsp3) is 0.769. The second kappa shape index (κ2) is 4.59. The molecular weight excluding hydrogens is 212 g/mol. The topological polar surface area (TPSA) is 47.1 Å². The zero-order valence-corrected chi connectivity index (χ0v) is 11.4. The molecule has 1 aliphatic rings. The zero-order valence-electron chi connectivity index (χ0n) is 11.4. The number of anilines is 2. The smallest absolute Gasteiger partial charge is 0.150 e. The first kappa shape index (κ1) is 12.3. The molecule has 2 unspecified atom stereocenters. The normalized spacial score (nSPS) is 25.3. The fourth-order valence-corrected chi connectivity index (χ4v) is 2.83. The lowest BCUT2D eigenvalue weighted by Crippen LogP contribution is -2.41. The molecule has 1 fully saturated rings. The molecule has 0 amide bonds. The van der Waals surface area contributed by atoms with Crippen LogP contribution in [-0.4, -0.2) is 22.4 Å². The van der Waals surface area contributed by atoms with Crippen molar-refractivity contribution in [1.82, 2.24) is 9.78 Å². The lowest BCUT2D eigenvalue weighted by molar-refractivity contribution is 0.372. The number of hydrogen-bond donors (Lipinski definition) is 1. The van der Waals surface area contributed by atoms with E-state index in [1.54, 1.807) is 0 Å². The third-order valence-corrected chi connectivity index (χ3v) is 3.86. The number of nitrogens with two attached hydrogens (primary N) is 1. The van der Waals surface area contributed by atoms with Gasteiger partial charge in [-0.05, 0) is 39.5 Å². The summed E-state index contributed by atoms with van der Waals surface area (Å²) in [4.78, 5) is 2.43. The van der Waals surface area contributed by atoms with Gasteiger partial charge in [-0.15, -0.1) is 0 Å². The van der Waals surface area contributed by atoms with Crippen LogP contribution in [0.1, 0.15) is 39.3 Å². The summed E-state index contributed by atoms with van der Waals surface area (Å²) >= 11 is 0. The Bertz CT molecular complexity index is 396. The molecule has 2 heterocycles. The van der Waals surface area contributed by atoms with E-state index in [1.807, 2.05) is 11.6 Å². The van der Waals surface area contributed by atoms with Crippen molar-refractivity contribution in [2.24, 2.45) is 5.92 Å². The summed E-state index contributed by atoms with van der Waals surface area (Å²) in [6.45, 7) is 10.7. The van der Waals surface area contributed by atoms with Crippen LogP contribution in [0.5, 0.6) is 0 Å². The molecule has 0 bridgehead atoms. The van der Waals surface area contributed by atoms with Crippen molar-refractivity contribution in [3.8, 4) is 0 Å². The van der Waals surface area contributed by atoms with E-state index in [1.165, 1.54) is 12.8 Å². The Labute approximate surface area is 104 Å². The maximum atomic E-state index is 6.18. The van der Waals surface area contributed by atoms with Crippen molar-refractivity contribution in [2.75, 3.05) is 17.2 Å². The number of aryl methyl sites for hydroxylation is 2. The van der Waals surface area contributed by atoms with Gasteiger partial charge in [-0.25, -0.2) is 4.68 Å². The molecule has 2 N–H and O–H groups in total. The Morgan fingerprint density at radius 3 is 2.71 bits per heavy atom. The maximum Gasteiger partial charge on any atom is 0.150 e. The Morgan fingerprint density at radius 2 is 2.12 bits per heavy atom. The fourth-order valence-electron chi connectivity index (χ4n) is 2.83. The maximum absolute atomic E-state index is 6.18. The summed E-state index contributed by atoms with van der Waals surface area (Å²) in [5, 5.41) is 4.51. The van der Waals surface area contributed by atoms with Crippen molar-refractivity contribution in [1.29, 1.82) is 0 Å². The molecular formula is C13H24N4. The van der Waals surface area contributed by atoms with Gasteiger partial charge in [0.1, 0.15) is 0 Å². The van der Waals surface area contributed by atoms with Gasteiger partial charge in [-0.2, -0.15) is 5.10 Å². The van der Waals surface area contributed by atoms with Crippen LogP contribution in [0.2, 0.25) is 0 Å². The van der Waals surface area contributed by atoms with Gasteiger partial charge >= 0.3 is 0 Å². The van der Waals surface area contributed by atoms with Gasteiger partial charge in [0.05, 0.1) is 11.4 Å². The van der Waals surface area contributed by atoms with Crippen LogP contribution in [0.3, 0.4) is 0 Å². The Morgan fingerprint density at radius 1 is 1.41 bits per heavy atom. The Kier molecular flexibility index (Phi) is 3.31. The van der Waals surface area contributed by atoms with Gasteiger partial charge in [-0.3, -0.25) is 0 Å². The van der Waals surface area contributed by atoms with Crippen LogP contribution in [0.25, 0.3) is 0 Å². The number of rotatable bonds is 2. The third kappa shape index (κ3) is 2.13. The minimum absolute atomic E-state index is 0.558. The lowest BCUT2D eigenvalue weighted by atomic mass is 9.93. The van der Waals surface area contributed by atoms with E-state index in [4.69, 9.17) is 5.73 Å². The molecule has 1 aromatic heterocycles. The van der Waals surface area contributed by atoms with Gasteiger partial charge in [0.15, 0.2) is 5.82 Å². The molecule has 17 heavy (non-hydrogen) atoms. The van der Waals surface area contributed by atoms with E-state index < -0.39 is 0 Å². The first-order valence-corrected chi connectivity index (χ1v) is 6.64. The van der Waals surface area contributed by atoms with Gasteiger partial charge in [0.2, 0.25) is 0 Å². The second-order valence-electron chi connectivity index (χ2n) is 5.31. The van der Waals surface area contributed by atoms with Crippen molar-refractivity contribution in [3.05, 3.63) is 5.69 Å². The van der Waals surface area contributed by atoms with Crippen LogP contribution in [0, 0.1) is 12.8 Å². The summed E-state index contributed by atoms with van der Waals surface area (Å²) in [5.41, 5.74) is 7.99. The van der Waals surface area contributed by atoms with E-state index in [0.29, 0.717) is 6.04 Å². The number of hydrogen-bond acceptors (Lipinski definition) is 3.